The third-order valence-corrected chi connectivity index (χ3v) is 6.65. The summed E-state index contributed by atoms with van der Waals surface area (Å²) in [6.45, 7) is 0. The Kier molecular flexibility index (Phi) is 6.48. The van der Waals surface area contributed by atoms with Crippen molar-refractivity contribution in [2.75, 3.05) is 12.4 Å². The molecule has 1 saturated carbocycles. The molecule has 9 nitrogen and oxygen atoms in total. The average Bonchev–Trinajstić information content (AvgIpc) is 3.11. The molecule has 2 aliphatic rings. The lowest BCUT2D eigenvalue weighted by Crippen LogP contribution is -2.62. The molecule has 1 atom stereocenters. The van der Waals surface area contributed by atoms with Crippen molar-refractivity contribution in [1.29, 1.82) is 0 Å². The van der Waals surface area contributed by atoms with Gasteiger partial charge in [-0.25, -0.2) is 9.36 Å². The monoisotopic (exact) mass is 494 g/mol. The molecule has 2 heterocycles. The van der Waals surface area contributed by atoms with Gasteiger partial charge in [-0.1, -0.05) is 32.1 Å². The van der Waals surface area contributed by atoms with Crippen molar-refractivity contribution in [2.45, 2.75) is 56.7 Å². The van der Waals surface area contributed by atoms with Gasteiger partial charge < -0.3 is 15.4 Å². The highest BCUT2D eigenvalue weighted by molar-refractivity contribution is 6.07. The van der Waals surface area contributed by atoms with Crippen molar-refractivity contribution in [3.63, 3.8) is 0 Å². The third-order valence-electron chi connectivity index (χ3n) is 6.65. The van der Waals surface area contributed by atoms with Gasteiger partial charge in [-0.2, -0.15) is 13.2 Å². The number of H-pyrrole nitrogens is 1. The summed E-state index contributed by atoms with van der Waals surface area (Å²) >= 11 is 0. The number of nitrogens with zero attached hydrogens (tertiary/aromatic N) is 1. The number of hydrogen-bond donors (Lipinski definition) is 3. The molecule has 1 aromatic heterocycles. The van der Waals surface area contributed by atoms with Gasteiger partial charge in [0.25, 0.3) is 11.5 Å². The molecule has 0 unspecified atom stereocenters. The second kappa shape index (κ2) is 9.23. The molecule has 0 bridgehead atoms. The van der Waals surface area contributed by atoms with E-state index in [0.717, 1.165) is 36.7 Å². The average molecular weight is 494 g/mol. The van der Waals surface area contributed by atoms with Crippen LogP contribution in [0.25, 0.3) is 5.69 Å². The number of benzene rings is 1. The van der Waals surface area contributed by atoms with Crippen LogP contribution in [0.5, 0.6) is 5.75 Å². The molecule has 1 fully saturated rings. The third kappa shape index (κ3) is 4.32. The van der Waals surface area contributed by atoms with Crippen LogP contribution in [0, 0.1) is 5.92 Å². The first-order valence-corrected chi connectivity index (χ1v) is 11.3. The molecule has 1 aliphatic heterocycles. The Hall–Kier alpha value is -3.57. The fourth-order valence-electron chi connectivity index (χ4n) is 4.84. The summed E-state index contributed by atoms with van der Waals surface area (Å²) in [6, 6.07) is 5.67. The number of methoxy groups -OCH3 is 1. The van der Waals surface area contributed by atoms with Crippen molar-refractivity contribution < 1.29 is 27.5 Å². The Labute approximate surface area is 197 Å². The van der Waals surface area contributed by atoms with E-state index >= 15 is 0 Å². The summed E-state index contributed by atoms with van der Waals surface area (Å²) in [5.41, 5.74) is -7.12. The largest absolute Gasteiger partial charge is 0.497 e. The number of carbonyl (C=O) groups is 2. The quantitative estimate of drug-likeness (QED) is 0.570. The first-order chi connectivity index (χ1) is 16.6. The van der Waals surface area contributed by atoms with E-state index in [0.29, 0.717) is 12.2 Å². The van der Waals surface area contributed by atoms with Gasteiger partial charge in [0.15, 0.2) is 0 Å². The SMILES string of the molecule is COc1ccc(-n2c3c(c(=O)[nH]c2=O)[C@@](NC(=O)CCC2CCCCC2)(C(F)(F)F)C(=O)N3)cc1. The predicted octanol–water partition coefficient (Wildman–Crippen LogP) is 2.72. The zero-order valence-electron chi connectivity index (χ0n) is 19.0. The van der Waals surface area contributed by atoms with Crippen molar-refractivity contribution in [1.82, 2.24) is 14.9 Å². The normalized spacial score (nSPS) is 20.3. The summed E-state index contributed by atoms with van der Waals surface area (Å²) in [7, 11) is 1.41. The molecule has 35 heavy (non-hydrogen) atoms. The number of amides is 2. The zero-order valence-corrected chi connectivity index (χ0v) is 19.0. The van der Waals surface area contributed by atoms with Gasteiger partial charge in [-0.05, 0) is 36.6 Å². The number of aromatic nitrogens is 2. The van der Waals surface area contributed by atoms with Crippen LogP contribution in [0.2, 0.25) is 0 Å². The fraction of sp³-hybridized carbons (Fsp3) is 0.478. The molecule has 2 amide bonds. The van der Waals surface area contributed by atoms with E-state index in [1.54, 1.807) is 5.32 Å². The second-order valence-corrected chi connectivity index (χ2v) is 8.81. The van der Waals surface area contributed by atoms with E-state index in [9.17, 15) is 32.3 Å². The number of anilines is 1. The molecule has 3 N–H and O–H groups in total. The van der Waals surface area contributed by atoms with Crippen LogP contribution in [0.3, 0.4) is 0 Å². The number of aromatic amines is 1. The Morgan fingerprint density at radius 1 is 1.14 bits per heavy atom. The van der Waals surface area contributed by atoms with Crippen LogP contribution in [0.1, 0.15) is 50.5 Å². The van der Waals surface area contributed by atoms with E-state index in [2.05, 4.69) is 0 Å². The van der Waals surface area contributed by atoms with Gasteiger partial charge >= 0.3 is 11.9 Å². The van der Waals surface area contributed by atoms with Crippen molar-refractivity contribution in [3.05, 3.63) is 50.7 Å². The predicted molar refractivity (Wildman–Crippen MR) is 120 cm³/mol. The van der Waals surface area contributed by atoms with Crippen molar-refractivity contribution in [2.24, 2.45) is 5.92 Å². The van der Waals surface area contributed by atoms with E-state index in [-0.39, 0.29) is 18.0 Å². The number of rotatable bonds is 6. The van der Waals surface area contributed by atoms with E-state index in [1.807, 2.05) is 10.3 Å². The van der Waals surface area contributed by atoms with E-state index in [4.69, 9.17) is 4.74 Å². The van der Waals surface area contributed by atoms with Crippen LogP contribution < -0.4 is 26.6 Å². The molecule has 0 radical (unpaired) electrons. The minimum atomic E-state index is -5.36. The molecular formula is C23H25F3N4O5. The first kappa shape index (κ1) is 24.6. The second-order valence-electron chi connectivity index (χ2n) is 8.81. The number of alkyl halides is 3. The number of hydrogen-bond acceptors (Lipinski definition) is 5. The van der Waals surface area contributed by atoms with Crippen LogP contribution in [0.4, 0.5) is 19.0 Å². The van der Waals surface area contributed by atoms with Crippen molar-refractivity contribution in [3.8, 4) is 11.4 Å². The topological polar surface area (TPSA) is 122 Å². The highest BCUT2D eigenvalue weighted by Gasteiger charge is 2.68. The molecular weight excluding hydrogens is 469 g/mol. The minimum absolute atomic E-state index is 0.0743. The highest BCUT2D eigenvalue weighted by atomic mass is 19.4. The number of nitrogens with one attached hydrogen (secondary N) is 3. The molecule has 0 spiro atoms. The van der Waals surface area contributed by atoms with Gasteiger partial charge in [0, 0.05) is 6.42 Å². The molecule has 1 aromatic carbocycles. The number of halogens is 3. The van der Waals surface area contributed by atoms with Crippen LogP contribution in [0.15, 0.2) is 33.9 Å². The number of ether oxygens (including phenoxy) is 1. The van der Waals surface area contributed by atoms with Crippen LogP contribution in [-0.2, 0) is 15.1 Å². The summed E-state index contributed by atoms with van der Waals surface area (Å²) < 4.78 is 49.2. The van der Waals surface area contributed by atoms with Crippen molar-refractivity contribution >= 4 is 17.6 Å². The molecule has 188 valence electrons. The molecule has 0 saturated heterocycles. The molecule has 4 rings (SSSR count). The maximum absolute atomic E-state index is 14.5. The van der Waals surface area contributed by atoms with Gasteiger partial charge in [0.2, 0.25) is 11.4 Å². The molecule has 12 heteroatoms. The Balaban J connectivity index is 1.76. The Bertz CT molecular complexity index is 1250. The maximum Gasteiger partial charge on any atom is 0.425 e. The fourth-order valence-corrected chi connectivity index (χ4v) is 4.84. The summed E-state index contributed by atoms with van der Waals surface area (Å²) in [5, 5.41) is 3.82. The lowest BCUT2D eigenvalue weighted by Gasteiger charge is -2.30. The van der Waals surface area contributed by atoms with Gasteiger partial charge in [-0.3, -0.25) is 19.4 Å². The Morgan fingerprint density at radius 3 is 2.40 bits per heavy atom. The Morgan fingerprint density at radius 2 is 1.80 bits per heavy atom. The van der Waals surface area contributed by atoms with Gasteiger partial charge in [0.05, 0.1) is 12.8 Å². The van der Waals surface area contributed by atoms with E-state index in [1.165, 1.54) is 31.4 Å². The standard InChI is InChI=1S/C23H25F3N4O5/c1-35-15-10-8-14(9-11-15)30-18-17(19(32)28-21(30)34)22(20(33)27-18,23(24,25)26)29-16(31)12-7-13-5-3-2-4-6-13/h8-11,13H,2-7,12H2,1H3,(H,27,33)(H,29,31)(H,28,32,34)/t22-/m0/s1. The number of fused-ring (bicyclic) bond motifs is 1. The molecule has 1 aliphatic carbocycles. The number of carbonyl (C=O) groups excluding carboxylic acids is 2. The lowest BCUT2D eigenvalue weighted by molar-refractivity contribution is -0.200. The van der Waals surface area contributed by atoms with Crippen LogP contribution in [-0.4, -0.2) is 34.7 Å². The maximum atomic E-state index is 14.5. The summed E-state index contributed by atoms with van der Waals surface area (Å²) in [6.07, 6.45) is -0.298. The van der Waals surface area contributed by atoms with Gasteiger partial charge in [-0.15, -0.1) is 0 Å². The zero-order chi connectivity index (χ0) is 25.4. The van der Waals surface area contributed by atoms with E-state index < -0.39 is 46.2 Å². The minimum Gasteiger partial charge on any atom is -0.497 e. The molecule has 2 aromatic rings. The summed E-state index contributed by atoms with van der Waals surface area (Å²) in [5.74, 6) is -2.67. The van der Waals surface area contributed by atoms with Crippen LogP contribution >= 0.6 is 0 Å². The highest BCUT2D eigenvalue weighted by Crippen LogP contribution is 2.45. The lowest BCUT2D eigenvalue weighted by atomic mass is 9.85. The first-order valence-electron chi connectivity index (χ1n) is 11.3. The smallest absolute Gasteiger partial charge is 0.425 e. The summed E-state index contributed by atoms with van der Waals surface area (Å²) in [4.78, 5) is 52.6. The van der Waals surface area contributed by atoms with Gasteiger partial charge in [0.1, 0.15) is 17.1 Å².